The molecule has 0 unspecified atom stereocenters. The number of carbonyl (C=O) groups is 2. The first-order chi connectivity index (χ1) is 17.6. The van der Waals surface area contributed by atoms with E-state index in [1.807, 2.05) is 0 Å². The van der Waals surface area contributed by atoms with Gasteiger partial charge in [-0.1, -0.05) is 103 Å². The predicted octanol–water partition coefficient (Wildman–Crippen LogP) is 9.98. The van der Waals surface area contributed by atoms with Gasteiger partial charge < -0.3 is 10.2 Å². The Morgan fingerprint density at radius 1 is 0.333 bits per heavy atom. The van der Waals surface area contributed by atoms with E-state index in [4.69, 9.17) is 10.2 Å². The molecule has 0 aliphatic carbocycles. The highest BCUT2D eigenvalue weighted by Gasteiger charge is 1.99. The van der Waals surface area contributed by atoms with Crippen molar-refractivity contribution in [2.75, 3.05) is 23.0 Å². The smallest absolute Gasteiger partial charge is 0.303 e. The molecule has 0 aromatic rings. The third-order valence-electron chi connectivity index (χ3n) is 6.69. The lowest BCUT2D eigenvalue weighted by Gasteiger charge is -2.04. The van der Waals surface area contributed by atoms with Gasteiger partial charge in [-0.15, -0.1) is 0 Å². The monoisotopic (exact) mass is 546 g/mol. The zero-order chi connectivity index (χ0) is 26.4. The Bertz CT molecular complexity index is 432. The molecule has 0 saturated carbocycles. The molecule has 0 heterocycles. The number of unbranched alkanes of at least 4 members (excludes halogenated alkanes) is 19. The zero-order valence-corrected chi connectivity index (χ0v) is 25.0. The van der Waals surface area contributed by atoms with E-state index in [-0.39, 0.29) is 0 Å². The largest absolute Gasteiger partial charge is 0.481 e. The van der Waals surface area contributed by atoms with Gasteiger partial charge in [0.2, 0.25) is 0 Å². The normalized spacial score (nSPS) is 11.2. The van der Waals surface area contributed by atoms with Crippen LogP contribution in [0.1, 0.15) is 154 Å². The van der Waals surface area contributed by atoms with Gasteiger partial charge in [-0.05, 0) is 61.5 Å². The van der Waals surface area contributed by atoms with Crippen LogP contribution in [0.2, 0.25) is 0 Å². The fourth-order valence-corrected chi connectivity index (χ4v) is 6.44. The van der Waals surface area contributed by atoms with E-state index in [0.29, 0.717) is 12.8 Å². The summed E-state index contributed by atoms with van der Waals surface area (Å²) in [6.45, 7) is 0. The summed E-state index contributed by atoms with van der Waals surface area (Å²) in [7, 11) is 0. The zero-order valence-electron chi connectivity index (χ0n) is 23.3. The Kier molecular flexibility index (Phi) is 30.6. The first kappa shape index (κ1) is 35.6. The Balaban J connectivity index is 3.03. The maximum absolute atomic E-state index is 10.5. The molecule has 0 saturated heterocycles. The Labute approximate surface area is 231 Å². The number of carboxylic acid groups (broad SMARTS) is 2. The summed E-state index contributed by atoms with van der Waals surface area (Å²) in [5.41, 5.74) is 0. The molecule has 0 amide bonds. The van der Waals surface area contributed by atoms with Crippen LogP contribution in [0, 0.1) is 0 Å². The first-order valence-electron chi connectivity index (χ1n) is 15.2. The van der Waals surface area contributed by atoms with Gasteiger partial charge in [-0.3, -0.25) is 9.59 Å². The molecule has 4 nitrogen and oxygen atoms in total. The lowest BCUT2D eigenvalue weighted by Crippen LogP contribution is -1.93. The predicted molar refractivity (Wildman–Crippen MR) is 161 cm³/mol. The second kappa shape index (κ2) is 30.9. The summed E-state index contributed by atoms with van der Waals surface area (Å²) in [4.78, 5) is 20.9. The molecule has 0 atom stereocenters. The average molecular weight is 547 g/mol. The minimum absolute atomic E-state index is 0.334. The average Bonchev–Trinajstić information content (AvgIpc) is 2.85. The molecule has 6 heteroatoms. The van der Waals surface area contributed by atoms with Crippen LogP contribution < -0.4 is 0 Å². The molecule has 0 rings (SSSR count). The SMILES string of the molecule is O=C(O)CCCCCCCCCCSCCCCCCCCSCCCCCCCCCCC(=O)O. The van der Waals surface area contributed by atoms with Crippen LogP contribution in [0.5, 0.6) is 0 Å². The van der Waals surface area contributed by atoms with Gasteiger partial charge in [0.15, 0.2) is 0 Å². The van der Waals surface area contributed by atoms with E-state index >= 15 is 0 Å². The number of hydrogen-bond acceptors (Lipinski definition) is 4. The molecular weight excluding hydrogens is 488 g/mol. The highest BCUT2D eigenvalue weighted by molar-refractivity contribution is 7.99. The van der Waals surface area contributed by atoms with Crippen molar-refractivity contribution in [1.82, 2.24) is 0 Å². The molecule has 0 radical (unpaired) electrons. The van der Waals surface area contributed by atoms with E-state index in [2.05, 4.69) is 23.5 Å². The molecule has 0 spiro atoms. The van der Waals surface area contributed by atoms with Gasteiger partial charge in [-0.2, -0.15) is 23.5 Å². The molecule has 214 valence electrons. The fraction of sp³-hybridized carbons (Fsp3) is 0.933. The summed E-state index contributed by atoms with van der Waals surface area (Å²) in [6.07, 6.45) is 28.6. The number of aliphatic carboxylic acids is 2. The highest BCUT2D eigenvalue weighted by Crippen LogP contribution is 2.16. The van der Waals surface area contributed by atoms with Gasteiger partial charge in [0.1, 0.15) is 0 Å². The molecule has 0 aromatic heterocycles. The van der Waals surface area contributed by atoms with Crippen LogP contribution in [0.15, 0.2) is 0 Å². The van der Waals surface area contributed by atoms with Crippen molar-refractivity contribution in [3.8, 4) is 0 Å². The first-order valence-corrected chi connectivity index (χ1v) is 17.5. The van der Waals surface area contributed by atoms with E-state index in [1.165, 1.54) is 139 Å². The van der Waals surface area contributed by atoms with E-state index < -0.39 is 11.9 Å². The summed E-state index contributed by atoms with van der Waals surface area (Å²) in [5, 5.41) is 17.2. The quantitative estimate of drug-likeness (QED) is 0.0843. The van der Waals surface area contributed by atoms with Crippen LogP contribution >= 0.6 is 23.5 Å². The Morgan fingerprint density at radius 3 is 0.750 bits per heavy atom. The summed E-state index contributed by atoms with van der Waals surface area (Å²) in [6, 6.07) is 0. The molecule has 0 aliphatic rings. The van der Waals surface area contributed by atoms with Crippen LogP contribution in [0.3, 0.4) is 0 Å². The molecule has 0 aliphatic heterocycles. The lowest BCUT2D eigenvalue weighted by molar-refractivity contribution is -0.138. The second-order valence-corrected chi connectivity index (χ2v) is 12.7. The number of hydrogen-bond donors (Lipinski definition) is 2. The van der Waals surface area contributed by atoms with Gasteiger partial charge >= 0.3 is 11.9 Å². The summed E-state index contributed by atoms with van der Waals surface area (Å²) in [5.74, 6) is 4.00. The standard InChI is InChI=1S/C30H58O4S2/c31-29(32)23-17-11-5-1-3-7-13-19-25-35-27-21-15-9-10-16-22-28-36-26-20-14-8-4-2-6-12-18-24-30(33)34/h1-28H2,(H,31,32)(H,33,34). The van der Waals surface area contributed by atoms with Gasteiger partial charge in [0, 0.05) is 12.8 Å². The molecule has 0 bridgehead atoms. The molecule has 2 N–H and O–H groups in total. The highest BCUT2D eigenvalue weighted by atomic mass is 32.2. The second-order valence-electron chi connectivity index (χ2n) is 10.3. The van der Waals surface area contributed by atoms with Crippen LogP contribution in [0.25, 0.3) is 0 Å². The third kappa shape index (κ3) is 33.6. The van der Waals surface area contributed by atoms with Gasteiger partial charge in [-0.25, -0.2) is 0 Å². The van der Waals surface area contributed by atoms with Crippen molar-refractivity contribution in [3.63, 3.8) is 0 Å². The number of thioether (sulfide) groups is 2. The molecule has 36 heavy (non-hydrogen) atoms. The van der Waals surface area contributed by atoms with Crippen LogP contribution in [0.4, 0.5) is 0 Å². The van der Waals surface area contributed by atoms with E-state index in [1.54, 1.807) is 0 Å². The van der Waals surface area contributed by atoms with Crippen molar-refractivity contribution in [3.05, 3.63) is 0 Å². The van der Waals surface area contributed by atoms with Crippen LogP contribution in [-0.2, 0) is 9.59 Å². The van der Waals surface area contributed by atoms with Gasteiger partial charge in [0.25, 0.3) is 0 Å². The molecular formula is C30H58O4S2. The molecule has 0 aromatic carbocycles. The van der Waals surface area contributed by atoms with Crippen molar-refractivity contribution < 1.29 is 19.8 Å². The van der Waals surface area contributed by atoms with Crippen molar-refractivity contribution in [2.45, 2.75) is 154 Å². The van der Waals surface area contributed by atoms with Crippen molar-refractivity contribution >= 4 is 35.5 Å². The van der Waals surface area contributed by atoms with Crippen LogP contribution in [-0.4, -0.2) is 45.2 Å². The minimum atomic E-state index is -0.660. The topological polar surface area (TPSA) is 74.6 Å². The van der Waals surface area contributed by atoms with Gasteiger partial charge in [0.05, 0.1) is 0 Å². The lowest BCUT2D eigenvalue weighted by atomic mass is 10.1. The third-order valence-corrected chi connectivity index (χ3v) is 9.00. The Morgan fingerprint density at radius 2 is 0.528 bits per heavy atom. The van der Waals surface area contributed by atoms with Crippen molar-refractivity contribution in [1.29, 1.82) is 0 Å². The minimum Gasteiger partial charge on any atom is -0.481 e. The maximum atomic E-state index is 10.5. The fourth-order valence-electron chi connectivity index (χ4n) is 4.40. The number of rotatable bonds is 31. The molecule has 0 fully saturated rings. The summed E-state index contributed by atoms with van der Waals surface area (Å²) >= 11 is 4.28. The maximum Gasteiger partial charge on any atom is 0.303 e. The van der Waals surface area contributed by atoms with E-state index in [9.17, 15) is 9.59 Å². The number of carboxylic acids is 2. The summed E-state index contributed by atoms with van der Waals surface area (Å²) < 4.78 is 0. The van der Waals surface area contributed by atoms with E-state index in [0.717, 1.165) is 25.7 Å². The Hall–Kier alpha value is -0.360. The van der Waals surface area contributed by atoms with Crippen molar-refractivity contribution in [2.24, 2.45) is 0 Å².